The van der Waals surface area contributed by atoms with Gasteiger partial charge in [-0.15, -0.1) is 0 Å². The molecule has 0 radical (unpaired) electrons. The molecule has 0 amide bonds. The highest BCUT2D eigenvalue weighted by atomic mass is 14.9. The van der Waals surface area contributed by atoms with Crippen LogP contribution in [0.2, 0.25) is 0 Å². The number of benzene rings is 1. The van der Waals surface area contributed by atoms with Crippen molar-refractivity contribution in [2.45, 2.75) is 19.9 Å². The fourth-order valence-corrected chi connectivity index (χ4v) is 1.81. The Balaban J connectivity index is 2.14. The summed E-state index contributed by atoms with van der Waals surface area (Å²) in [5.41, 5.74) is 10.3. The second-order valence-electron chi connectivity index (χ2n) is 4.53. The van der Waals surface area contributed by atoms with Crippen LogP contribution >= 0.6 is 0 Å². The Morgan fingerprint density at radius 3 is 2.39 bits per heavy atom. The van der Waals surface area contributed by atoms with Crippen LogP contribution in [-0.4, -0.2) is 11.5 Å². The Bertz CT molecular complexity index is 488. The SMILES string of the molecule is Cc1ccc(NC(CN)c2ccc(C)nc2)cc1. The number of aromatic nitrogens is 1. The van der Waals surface area contributed by atoms with Crippen LogP contribution in [0.3, 0.4) is 0 Å². The predicted molar refractivity (Wildman–Crippen MR) is 75.6 cm³/mol. The maximum absolute atomic E-state index is 5.83. The molecule has 94 valence electrons. The number of anilines is 1. The van der Waals surface area contributed by atoms with Crippen molar-refractivity contribution in [3.63, 3.8) is 0 Å². The van der Waals surface area contributed by atoms with Crippen LogP contribution < -0.4 is 11.1 Å². The molecular weight excluding hydrogens is 222 g/mol. The molecule has 2 rings (SSSR count). The molecular formula is C15H19N3. The van der Waals surface area contributed by atoms with Crippen LogP contribution in [0.5, 0.6) is 0 Å². The minimum atomic E-state index is 0.0980. The first-order valence-electron chi connectivity index (χ1n) is 6.15. The molecule has 2 aromatic rings. The zero-order chi connectivity index (χ0) is 13.0. The van der Waals surface area contributed by atoms with Gasteiger partial charge in [-0.05, 0) is 37.6 Å². The van der Waals surface area contributed by atoms with E-state index in [2.05, 4.69) is 47.6 Å². The van der Waals surface area contributed by atoms with Crippen molar-refractivity contribution in [1.82, 2.24) is 4.98 Å². The average Bonchev–Trinajstić information content (AvgIpc) is 2.39. The summed E-state index contributed by atoms with van der Waals surface area (Å²) in [6.45, 7) is 4.60. The van der Waals surface area contributed by atoms with Crippen molar-refractivity contribution < 1.29 is 0 Å². The van der Waals surface area contributed by atoms with E-state index < -0.39 is 0 Å². The van der Waals surface area contributed by atoms with Gasteiger partial charge >= 0.3 is 0 Å². The summed E-state index contributed by atoms with van der Waals surface area (Å²) in [5.74, 6) is 0. The number of hydrogen-bond acceptors (Lipinski definition) is 3. The van der Waals surface area contributed by atoms with Crippen molar-refractivity contribution in [2.24, 2.45) is 5.73 Å². The monoisotopic (exact) mass is 241 g/mol. The van der Waals surface area contributed by atoms with E-state index >= 15 is 0 Å². The number of pyridine rings is 1. The number of rotatable bonds is 4. The van der Waals surface area contributed by atoms with Crippen LogP contribution in [0.15, 0.2) is 42.6 Å². The number of hydrogen-bond donors (Lipinski definition) is 2. The summed E-state index contributed by atoms with van der Waals surface area (Å²) in [6, 6.07) is 12.5. The first kappa shape index (κ1) is 12.6. The van der Waals surface area contributed by atoms with Gasteiger partial charge < -0.3 is 11.1 Å². The quantitative estimate of drug-likeness (QED) is 0.865. The Labute approximate surface area is 108 Å². The summed E-state index contributed by atoms with van der Waals surface area (Å²) < 4.78 is 0. The van der Waals surface area contributed by atoms with E-state index in [1.165, 1.54) is 5.56 Å². The lowest BCUT2D eigenvalue weighted by atomic mass is 10.1. The summed E-state index contributed by atoms with van der Waals surface area (Å²) in [4.78, 5) is 4.31. The molecule has 0 fully saturated rings. The van der Waals surface area contributed by atoms with Crippen LogP contribution in [-0.2, 0) is 0 Å². The minimum absolute atomic E-state index is 0.0980. The molecule has 0 bridgehead atoms. The molecule has 3 N–H and O–H groups in total. The number of aryl methyl sites for hydroxylation is 2. The Hall–Kier alpha value is -1.87. The lowest BCUT2D eigenvalue weighted by Gasteiger charge is -2.18. The molecule has 3 nitrogen and oxygen atoms in total. The summed E-state index contributed by atoms with van der Waals surface area (Å²) in [6.07, 6.45) is 1.88. The van der Waals surface area contributed by atoms with Gasteiger partial charge in [0.25, 0.3) is 0 Å². The second-order valence-corrected chi connectivity index (χ2v) is 4.53. The van der Waals surface area contributed by atoms with E-state index in [1.54, 1.807) is 0 Å². The third-order valence-corrected chi connectivity index (χ3v) is 2.96. The highest BCUT2D eigenvalue weighted by Gasteiger charge is 2.09. The fraction of sp³-hybridized carbons (Fsp3) is 0.267. The van der Waals surface area contributed by atoms with E-state index in [0.29, 0.717) is 6.54 Å². The van der Waals surface area contributed by atoms with Crippen LogP contribution in [0.1, 0.15) is 22.9 Å². The zero-order valence-electron chi connectivity index (χ0n) is 10.9. The van der Waals surface area contributed by atoms with Gasteiger partial charge in [-0.25, -0.2) is 0 Å². The van der Waals surface area contributed by atoms with Gasteiger partial charge in [0.15, 0.2) is 0 Å². The molecule has 1 heterocycles. The van der Waals surface area contributed by atoms with E-state index in [1.807, 2.05) is 19.2 Å². The predicted octanol–water partition coefficient (Wildman–Crippen LogP) is 2.81. The summed E-state index contributed by atoms with van der Waals surface area (Å²) >= 11 is 0. The van der Waals surface area contributed by atoms with E-state index in [0.717, 1.165) is 16.9 Å². The van der Waals surface area contributed by atoms with Crippen molar-refractivity contribution in [2.75, 3.05) is 11.9 Å². The third kappa shape index (κ3) is 3.08. The third-order valence-electron chi connectivity index (χ3n) is 2.96. The van der Waals surface area contributed by atoms with Crippen molar-refractivity contribution in [3.8, 4) is 0 Å². The Morgan fingerprint density at radius 2 is 1.83 bits per heavy atom. The van der Waals surface area contributed by atoms with Gasteiger partial charge in [-0.2, -0.15) is 0 Å². The van der Waals surface area contributed by atoms with Gasteiger partial charge in [-0.1, -0.05) is 23.8 Å². The minimum Gasteiger partial charge on any atom is -0.377 e. The molecule has 0 aliphatic heterocycles. The molecule has 1 atom stereocenters. The maximum Gasteiger partial charge on any atom is 0.0651 e. The largest absolute Gasteiger partial charge is 0.377 e. The fourth-order valence-electron chi connectivity index (χ4n) is 1.81. The summed E-state index contributed by atoms with van der Waals surface area (Å²) in [5, 5.41) is 3.43. The van der Waals surface area contributed by atoms with E-state index in [9.17, 15) is 0 Å². The number of nitrogens with two attached hydrogens (primary N) is 1. The Kier molecular flexibility index (Phi) is 3.95. The molecule has 0 spiro atoms. The molecule has 1 unspecified atom stereocenters. The van der Waals surface area contributed by atoms with Gasteiger partial charge in [-0.3, -0.25) is 4.98 Å². The first-order valence-corrected chi connectivity index (χ1v) is 6.15. The normalized spacial score (nSPS) is 12.2. The summed E-state index contributed by atoms with van der Waals surface area (Å²) in [7, 11) is 0. The molecule has 0 saturated carbocycles. The van der Waals surface area contributed by atoms with Gasteiger partial charge in [0.05, 0.1) is 6.04 Å². The van der Waals surface area contributed by atoms with Crippen LogP contribution in [0.25, 0.3) is 0 Å². The highest BCUT2D eigenvalue weighted by molar-refractivity contribution is 5.46. The van der Waals surface area contributed by atoms with Crippen LogP contribution in [0, 0.1) is 13.8 Å². The molecule has 0 aliphatic carbocycles. The zero-order valence-corrected chi connectivity index (χ0v) is 10.9. The van der Waals surface area contributed by atoms with Crippen molar-refractivity contribution in [1.29, 1.82) is 0 Å². The second kappa shape index (κ2) is 5.65. The highest BCUT2D eigenvalue weighted by Crippen LogP contribution is 2.18. The lowest BCUT2D eigenvalue weighted by Crippen LogP contribution is -2.20. The van der Waals surface area contributed by atoms with Gasteiger partial charge in [0.2, 0.25) is 0 Å². The topological polar surface area (TPSA) is 50.9 Å². The van der Waals surface area contributed by atoms with E-state index in [-0.39, 0.29) is 6.04 Å². The average molecular weight is 241 g/mol. The molecule has 0 aliphatic rings. The molecule has 3 heteroatoms. The van der Waals surface area contributed by atoms with Gasteiger partial charge in [0.1, 0.15) is 0 Å². The molecule has 1 aromatic heterocycles. The molecule has 18 heavy (non-hydrogen) atoms. The lowest BCUT2D eigenvalue weighted by molar-refractivity contribution is 0.783. The van der Waals surface area contributed by atoms with E-state index in [4.69, 9.17) is 5.73 Å². The molecule has 1 aromatic carbocycles. The van der Waals surface area contributed by atoms with Gasteiger partial charge in [0, 0.05) is 24.1 Å². The van der Waals surface area contributed by atoms with Crippen molar-refractivity contribution in [3.05, 3.63) is 59.4 Å². The first-order chi connectivity index (χ1) is 8.69. The van der Waals surface area contributed by atoms with Crippen molar-refractivity contribution >= 4 is 5.69 Å². The maximum atomic E-state index is 5.83. The standard InChI is InChI=1S/C15H19N3/c1-11-3-7-14(8-4-11)18-15(9-16)13-6-5-12(2)17-10-13/h3-8,10,15,18H,9,16H2,1-2H3. The van der Waals surface area contributed by atoms with Crippen LogP contribution in [0.4, 0.5) is 5.69 Å². The molecule has 0 saturated heterocycles. The Morgan fingerprint density at radius 1 is 1.11 bits per heavy atom. The smallest absolute Gasteiger partial charge is 0.0651 e. The number of nitrogens with one attached hydrogen (secondary N) is 1. The number of nitrogens with zero attached hydrogens (tertiary/aromatic N) is 1.